The summed E-state index contributed by atoms with van der Waals surface area (Å²) in [7, 11) is 0. The number of aromatic nitrogens is 1. The molecule has 3 aromatic rings. The van der Waals surface area contributed by atoms with Gasteiger partial charge in [-0.2, -0.15) is 0 Å². The third-order valence-corrected chi connectivity index (χ3v) is 5.97. The van der Waals surface area contributed by atoms with Crippen LogP contribution in [-0.2, 0) is 4.79 Å². The van der Waals surface area contributed by atoms with Gasteiger partial charge in [-0.25, -0.2) is 4.98 Å². The number of rotatable bonds is 6. The maximum atomic E-state index is 13.2. The number of fused-ring (bicyclic) bond motifs is 1. The fraction of sp³-hybridized carbons (Fsp3) is 0.250. The zero-order chi connectivity index (χ0) is 22.1. The standard InChI is InChI=1S/C24H23N3O3S/c1-14(2)12-20(27-22(29)17-6-4-5-7-18(17)23(27)30)21(28)26-24-25-19(13-31-24)16-10-8-15(3)9-11-16/h4-11,13-14,20H,12H2,1-3H3,(H,25,26,28)/t20-/m0/s1. The van der Waals surface area contributed by atoms with Crippen molar-refractivity contribution in [3.8, 4) is 11.3 Å². The van der Waals surface area contributed by atoms with E-state index in [2.05, 4.69) is 10.3 Å². The fourth-order valence-electron chi connectivity index (χ4n) is 3.64. The molecule has 6 nitrogen and oxygen atoms in total. The minimum absolute atomic E-state index is 0.111. The molecule has 7 heteroatoms. The summed E-state index contributed by atoms with van der Waals surface area (Å²) in [5, 5.41) is 5.13. The molecule has 1 aromatic heterocycles. The summed E-state index contributed by atoms with van der Waals surface area (Å²) in [5.41, 5.74) is 3.56. The van der Waals surface area contributed by atoms with Crippen LogP contribution in [0.15, 0.2) is 53.9 Å². The lowest BCUT2D eigenvalue weighted by Crippen LogP contribution is -2.47. The van der Waals surface area contributed by atoms with E-state index in [4.69, 9.17) is 0 Å². The summed E-state index contributed by atoms with van der Waals surface area (Å²) in [4.78, 5) is 44.6. The Morgan fingerprint density at radius 2 is 1.65 bits per heavy atom. The van der Waals surface area contributed by atoms with E-state index in [0.717, 1.165) is 21.7 Å². The molecular formula is C24H23N3O3S. The number of aryl methyl sites for hydroxylation is 1. The molecular weight excluding hydrogens is 410 g/mol. The quantitative estimate of drug-likeness (QED) is 0.568. The summed E-state index contributed by atoms with van der Waals surface area (Å²) in [6.07, 6.45) is 0.369. The topological polar surface area (TPSA) is 79.4 Å². The zero-order valence-corrected chi connectivity index (χ0v) is 18.4. The summed E-state index contributed by atoms with van der Waals surface area (Å²) in [5.74, 6) is -1.16. The van der Waals surface area contributed by atoms with Crippen molar-refractivity contribution in [2.75, 3.05) is 5.32 Å². The Morgan fingerprint density at radius 1 is 1.03 bits per heavy atom. The molecule has 0 bridgehead atoms. The first-order valence-corrected chi connectivity index (χ1v) is 11.0. The highest BCUT2D eigenvalue weighted by molar-refractivity contribution is 7.14. The number of carbonyl (C=O) groups is 3. The summed E-state index contributed by atoms with van der Waals surface area (Å²) in [6.45, 7) is 5.93. The van der Waals surface area contributed by atoms with Gasteiger partial charge in [-0.05, 0) is 31.4 Å². The van der Waals surface area contributed by atoms with E-state index >= 15 is 0 Å². The minimum atomic E-state index is -0.904. The maximum Gasteiger partial charge on any atom is 0.262 e. The molecule has 0 saturated carbocycles. The van der Waals surface area contributed by atoms with Gasteiger partial charge in [0.05, 0.1) is 16.8 Å². The number of hydrogen-bond donors (Lipinski definition) is 1. The Hall–Kier alpha value is -3.32. The van der Waals surface area contributed by atoms with Crippen LogP contribution in [0, 0.1) is 12.8 Å². The van der Waals surface area contributed by atoms with Crippen LogP contribution in [0.4, 0.5) is 5.13 Å². The predicted molar refractivity (Wildman–Crippen MR) is 121 cm³/mol. The van der Waals surface area contributed by atoms with Crippen molar-refractivity contribution in [2.45, 2.75) is 33.2 Å². The van der Waals surface area contributed by atoms with Gasteiger partial charge in [-0.3, -0.25) is 19.3 Å². The molecule has 2 heterocycles. The zero-order valence-electron chi connectivity index (χ0n) is 17.6. The van der Waals surface area contributed by atoms with Crippen molar-refractivity contribution in [2.24, 2.45) is 5.92 Å². The third kappa shape index (κ3) is 4.14. The van der Waals surface area contributed by atoms with Crippen molar-refractivity contribution in [1.29, 1.82) is 0 Å². The van der Waals surface area contributed by atoms with Crippen LogP contribution in [0.1, 0.15) is 46.5 Å². The Labute approximate surface area is 184 Å². The molecule has 1 aliphatic heterocycles. The molecule has 1 atom stereocenters. The number of nitrogens with one attached hydrogen (secondary N) is 1. The summed E-state index contributed by atoms with van der Waals surface area (Å²) >= 11 is 1.31. The number of benzene rings is 2. The Bertz CT molecular complexity index is 1120. The molecule has 1 N–H and O–H groups in total. The second-order valence-corrected chi connectivity index (χ2v) is 8.92. The molecule has 0 aliphatic carbocycles. The lowest BCUT2D eigenvalue weighted by atomic mass is 10.0. The van der Waals surface area contributed by atoms with Crippen LogP contribution < -0.4 is 5.32 Å². The van der Waals surface area contributed by atoms with Crippen molar-refractivity contribution in [3.05, 3.63) is 70.6 Å². The lowest BCUT2D eigenvalue weighted by Gasteiger charge is -2.26. The van der Waals surface area contributed by atoms with Gasteiger partial charge in [0.25, 0.3) is 11.8 Å². The highest BCUT2D eigenvalue weighted by atomic mass is 32.1. The lowest BCUT2D eigenvalue weighted by molar-refractivity contribution is -0.120. The summed E-state index contributed by atoms with van der Waals surface area (Å²) < 4.78 is 0. The van der Waals surface area contributed by atoms with E-state index in [9.17, 15) is 14.4 Å². The van der Waals surface area contributed by atoms with Gasteiger partial charge in [0.1, 0.15) is 6.04 Å². The van der Waals surface area contributed by atoms with Gasteiger partial charge in [-0.15, -0.1) is 11.3 Å². The minimum Gasteiger partial charge on any atom is -0.300 e. The van der Waals surface area contributed by atoms with E-state index in [1.54, 1.807) is 24.3 Å². The van der Waals surface area contributed by atoms with Crippen LogP contribution in [0.5, 0.6) is 0 Å². The number of amides is 3. The number of imide groups is 1. The van der Waals surface area contributed by atoms with E-state index in [-0.39, 0.29) is 5.92 Å². The molecule has 2 aromatic carbocycles. The molecule has 1 aliphatic rings. The highest BCUT2D eigenvalue weighted by Crippen LogP contribution is 2.29. The fourth-order valence-corrected chi connectivity index (χ4v) is 4.37. The SMILES string of the molecule is Cc1ccc(-c2csc(NC(=O)[C@H](CC(C)C)N3C(=O)c4ccccc4C3=O)n2)cc1. The van der Waals surface area contributed by atoms with E-state index in [1.165, 1.54) is 11.3 Å². The van der Waals surface area contributed by atoms with Crippen LogP contribution >= 0.6 is 11.3 Å². The Kier molecular flexibility index (Phi) is 5.69. The van der Waals surface area contributed by atoms with Gasteiger partial charge in [0.2, 0.25) is 5.91 Å². The second kappa shape index (κ2) is 8.43. The van der Waals surface area contributed by atoms with E-state index < -0.39 is 23.8 Å². The van der Waals surface area contributed by atoms with E-state index in [0.29, 0.717) is 22.7 Å². The molecule has 0 radical (unpaired) electrons. The number of anilines is 1. The molecule has 3 amide bonds. The molecule has 0 fully saturated rings. The first-order valence-electron chi connectivity index (χ1n) is 10.2. The van der Waals surface area contributed by atoms with Crippen LogP contribution in [-0.4, -0.2) is 33.6 Å². The molecule has 158 valence electrons. The molecule has 0 unspecified atom stereocenters. The molecule has 0 saturated heterocycles. The van der Waals surface area contributed by atoms with Gasteiger partial charge < -0.3 is 5.32 Å². The molecule has 0 spiro atoms. The Morgan fingerprint density at radius 3 is 2.23 bits per heavy atom. The number of thiazole rings is 1. The Balaban J connectivity index is 1.57. The highest BCUT2D eigenvalue weighted by Gasteiger charge is 2.42. The van der Waals surface area contributed by atoms with Crippen LogP contribution in [0.3, 0.4) is 0 Å². The number of carbonyl (C=O) groups excluding carboxylic acids is 3. The largest absolute Gasteiger partial charge is 0.300 e. The van der Waals surface area contributed by atoms with Crippen LogP contribution in [0.2, 0.25) is 0 Å². The number of nitrogens with zero attached hydrogens (tertiary/aromatic N) is 2. The van der Waals surface area contributed by atoms with Crippen LogP contribution in [0.25, 0.3) is 11.3 Å². The normalized spacial score (nSPS) is 14.1. The third-order valence-electron chi connectivity index (χ3n) is 5.22. The number of hydrogen-bond acceptors (Lipinski definition) is 5. The molecule has 31 heavy (non-hydrogen) atoms. The average Bonchev–Trinajstić information content (AvgIpc) is 3.30. The van der Waals surface area contributed by atoms with Crippen molar-refractivity contribution >= 4 is 34.2 Å². The van der Waals surface area contributed by atoms with Crippen molar-refractivity contribution < 1.29 is 14.4 Å². The molecule has 4 rings (SSSR count). The van der Waals surface area contributed by atoms with Crippen molar-refractivity contribution in [1.82, 2.24) is 9.88 Å². The first-order chi connectivity index (χ1) is 14.8. The monoisotopic (exact) mass is 433 g/mol. The van der Waals surface area contributed by atoms with Crippen molar-refractivity contribution in [3.63, 3.8) is 0 Å². The van der Waals surface area contributed by atoms with E-state index in [1.807, 2.05) is 50.4 Å². The van der Waals surface area contributed by atoms with Gasteiger partial charge >= 0.3 is 0 Å². The van der Waals surface area contributed by atoms with Gasteiger partial charge in [0.15, 0.2) is 5.13 Å². The maximum absolute atomic E-state index is 13.2. The van der Waals surface area contributed by atoms with Gasteiger partial charge in [-0.1, -0.05) is 55.8 Å². The summed E-state index contributed by atoms with van der Waals surface area (Å²) in [6, 6.07) is 13.7. The second-order valence-electron chi connectivity index (χ2n) is 8.06. The first kappa shape index (κ1) is 20.9. The average molecular weight is 434 g/mol. The smallest absolute Gasteiger partial charge is 0.262 e. The predicted octanol–water partition coefficient (Wildman–Crippen LogP) is 4.77. The van der Waals surface area contributed by atoms with Gasteiger partial charge in [0, 0.05) is 10.9 Å².